The summed E-state index contributed by atoms with van der Waals surface area (Å²) in [6, 6.07) is 6.16. The van der Waals surface area contributed by atoms with Crippen molar-refractivity contribution in [3.8, 4) is 0 Å². The van der Waals surface area contributed by atoms with Gasteiger partial charge in [0.25, 0.3) is 0 Å². The van der Waals surface area contributed by atoms with Crippen LogP contribution in [0.2, 0.25) is 0 Å². The molecule has 0 saturated carbocycles. The number of fused-ring (bicyclic) bond motifs is 1. The first-order valence-electron chi connectivity index (χ1n) is 7.81. The third-order valence-electron chi connectivity index (χ3n) is 4.13. The molecule has 0 bridgehead atoms. The zero-order valence-electron chi connectivity index (χ0n) is 14.0. The molecule has 0 aliphatic carbocycles. The molecule has 1 aromatic carbocycles. The maximum atomic E-state index is 13.7. The molecule has 1 atom stereocenters. The second-order valence-corrected chi connectivity index (χ2v) is 5.73. The van der Waals surface area contributed by atoms with Gasteiger partial charge in [-0.05, 0) is 31.5 Å². The van der Waals surface area contributed by atoms with E-state index in [1.165, 1.54) is 18.6 Å². The molecule has 25 heavy (non-hydrogen) atoms. The zero-order valence-corrected chi connectivity index (χ0v) is 14.0. The Morgan fingerprint density at radius 3 is 2.80 bits per heavy atom. The molecule has 7 heteroatoms. The van der Waals surface area contributed by atoms with Crippen LogP contribution in [0.5, 0.6) is 0 Å². The van der Waals surface area contributed by atoms with Gasteiger partial charge in [0.1, 0.15) is 23.6 Å². The molecule has 0 aliphatic heterocycles. The first kappa shape index (κ1) is 16.6. The number of halogens is 1. The summed E-state index contributed by atoms with van der Waals surface area (Å²) < 4.78 is 15.7. The number of aryl methyl sites for hydroxylation is 1. The minimum atomic E-state index is -0.384. The van der Waals surface area contributed by atoms with Gasteiger partial charge in [0.2, 0.25) is 0 Å². The summed E-state index contributed by atoms with van der Waals surface area (Å²) in [7, 11) is 0. The highest BCUT2D eigenvalue weighted by molar-refractivity contribution is 5.90. The van der Waals surface area contributed by atoms with Crippen molar-refractivity contribution in [2.45, 2.75) is 19.9 Å². The Bertz CT molecular complexity index is 973. The van der Waals surface area contributed by atoms with Crippen molar-refractivity contribution in [1.82, 2.24) is 14.5 Å². The van der Waals surface area contributed by atoms with Crippen LogP contribution in [0.15, 0.2) is 53.6 Å². The van der Waals surface area contributed by atoms with Crippen molar-refractivity contribution in [2.75, 3.05) is 5.73 Å². The van der Waals surface area contributed by atoms with Crippen molar-refractivity contribution < 1.29 is 4.39 Å². The van der Waals surface area contributed by atoms with E-state index in [9.17, 15) is 4.39 Å². The van der Waals surface area contributed by atoms with E-state index in [0.29, 0.717) is 5.82 Å². The van der Waals surface area contributed by atoms with E-state index in [0.717, 1.165) is 22.2 Å². The number of nitrogens with zero attached hydrogens (tertiary/aromatic N) is 4. The second-order valence-electron chi connectivity index (χ2n) is 5.73. The van der Waals surface area contributed by atoms with Gasteiger partial charge >= 0.3 is 0 Å². The number of nitrogen functional groups attached to an aromatic ring is 1. The monoisotopic (exact) mass is 338 g/mol. The Morgan fingerprint density at radius 1 is 1.32 bits per heavy atom. The summed E-state index contributed by atoms with van der Waals surface area (Å²) in [6.07, 6.45) is 6.40. The van der Waals surface area contributed by atoms with Gasteiger partial charge in [0, 0.05) is 24.2 Å². The molecule has 6 nitrogen and oxygen atoms in total. The summed E-state index contributed by atoms with van der Waals surface area (Å²) in [5, 5.41) is 0.816. The zero-order chi connectivity index (χ0) is 18.0. The molecule has 3 aromatic rings. The van der Waals surface area contributed by atoms with Crippen LogP contribution >= 0.6 is 0 Å². The predicted molar refractivity (Wildman–Crippen MR) is 98.2 cm³/mol. The fraction of sp³-hybridized carbons (Fsp3) is 0.167. The van der Waals surface area contributed by atoms with Gasteiger partial charge in [-0.3, -0.25) is 4.99 Å². The second kappa shape index (κ2) is 6.72. The van der Waals surface area contributed by atoms with E-state index < -0.39 is 0 Å². The fourth-order valence-corrected chi connectivity index (χ4v) is 2.74. The standard InChI is InChI=1S/C18H19FN6/c1-11-9-25(18-16(11)17(21)23-10-24-18)12(2)13(7-20)8-22-15-6-4-3-5-14(15)19/h3-10,12H,20H2,1-2H3,(H2,21,23,24). The van der Waals surface area contributed by atoms with Crippen molar-refractivity contribution in [2.24, 2.45) is 10.7 Å². The lowest BCUT2D eigenvalue weighted by atomic mass is 10.1. The molecule has 0 spiro atoms. The van der Waals surface area contributed by atoms with Gasteiger partial charge in [-0.2, -0.15) is 0 Å². The number of nitrogens with two attached hydrogens (primary N) is 2. The highest BCUT2D eigenvalue weighted by atomic mass is 19.1. The summed E-state index contributed by atoms with van der Waals surface area (Å²) in [6.45, 7) is 3.91. The van der Waals surface area contributed by atoms with E-state index in [1.54, 1.807) is 24.4 Å². The molecule has 3 rings (SSSR count). The van der Waals surface area contributed by atoms with Gasteiger partial charge < -0.3 is 16.0 Å². The fourth-order valence-electron chi connectivity index (χ4n) is 2.74. The Morgan fingerprint density at radius 2 is 2.08 bits per heavy atom. The highest BCUT2D eigenvalue weighted by Crippen LogP contribution is 2.28. The molecule has 0 amide bonds. The molecule has 0 fully saturated rings. The molecule has 4 N–H and O–H groups in total. The largest absolute Gasteiger partial charge is 0.404 e. The van der Waals surface area contributed by atoms with Crippen LogP contribution < -0.4 is 11.5 Å². The number of hydrogen-bond donors (Lipinski definition) is 2. The molecule has 0 aliphatic rings. The molecular formula is C18H19FN6. The number of benzene rings is 1. The SMILES string of the molecule is Cc1cn(C(C)C(C=Nc2ccccc2F)=CN)c2ncnc(N)c12. The minimum absolute atomic E-state index is 0.161. The van der Waals surface area contributed by atoms with E-state index in [2.05, 4.69) is 15.0 Å². The Labute approximate surface area is 144 Å². The van der Waals surface area contributed by atoms with Gasteiger partial charge in [-0.15, -0.1) is 0 Å². The normalized spacial score (nSPS) is 13.6. The molecule has 1 unspecified atom stereocenters. The van der Waals surface area contributed by atoms with Crippen LogP contribution in [0.1, 0.15) is 18.5 Å². The third-order valence-corrected chi connectivity index (χ3v) is 4.13. The molecule has 0 radical (unpaired) electrons. The maximum Gasteiger partial charge on any atom is 0.148 e. The number of aliphatic imine (C=N–C) groups is 1. The minimum Gasteiger partial charge on any atom is -0.404 e. The summed E-state index contributed by atoms with van der Waals surface area (Å²) in [5.41, 5.74) is 14.4. The van der Waals surface area contributed by atoms with Crippen LogP contribution in [0.25, 0.3) is 11.0 Å². The molecule has 128 valence electrons. The number of hydrogen-bond acceptors (Lipinski definition) is 5. The first-order valence-corrected chi connectivity index (χ1v) is 7.81. The molecule has 0 saturated heterocycles. The first-order chi connectivity index (χ1) is 12.0. The van der Waals surface area contributed by atoms with Gasteiger partial charge in [-0.25, -0.2) is 14.4 Å². The maximum absolute atomic E-state index is 13.7. The lowest BCUT2D eigenvalue weighted by Gasteiger charge is -2.15. The average Bonchev–Trinajstić information content (AvgIpc) is 2.95. The Kier molecular flexibility index (Phi) is 4.47. The predicted octanol–water partition coefficient (Wildman–Crippen LogP) is 3.27. The van der Waals surface area contributed by atoms with Crippen LogP contribution in [-0.2, 0) is 0 Å². The average molecular weight is 338 g/mol. The van der Waals surface area contributed by atoms with E-state index >= 15 is 0 Å². The van der Waals surface area contributed by atoms with Gasteiger partial charge in [0.05, 0.1) is 17.1 Å². The van der Waals surface area contributed by atoms with Crippen LogP contribution in [0.3, 0.4) is 0 Å². The molecule has 2 aromatic heterocycles. The third kappa shape index (κ3) is 3.08. The van der Waals surface area contributed by atoms with E-state index in [4.69, 9.17) is 11.5 Å². The quantitative estimate of drug-likeness (QED) is 0.714. The van der Waals surface area contributed by atoms with Crippen molar-refractivity contribution in [3.63, 3.8) is 0 Å². The van der Waals surface area contributed by atoms with Gasteiger partial charge in [-0.1, -0.05) is 12.1 Å². The van der Waals surface area contributed by atoms with Crippen molar-refractivity contribution in [1.29, 1.82) is 0 Å². The smallest absolute Gasteiger partial charge is 0.148 e. The lowest BCUT2D eigenvalue weighted by Crippen LogP contribution is -2.10. The number of aromatic nitrogens is 3. The van der Waals surface area contributed by atoms with E-state index in [1.807, 2.05) is 24.6 Å². The Balaban J connectivity index is 1.98. The van der Waals surface area contributed by atoms with Crippen LogP contribution in [0, 0.1) is 12.7 Å². The van der Waals surface area contributed by atoms with Crippen molar-refractivity contribution >= 4 is 28.8 Å². The van der Waals surface area contributed by atoms with Gasteiger partial charge in [0.15, 0.2) is 0 Å². The summed E-state index contributed by atoms with van der Waals surface area (Å²) in [4.78, 5) is 12.6. The van der Waals surface area contributed by atoms with Crippen molar-refractivity contribution in [3.05, 3.63) is 59.9 Å². The lowest BCUT2D eigenvalue weighted by molar-refractivity contribution is 0.630. The topological polar surface area (TPSA) is 95.1 Å². The Hall–Kier alpha value is -3.22. The number of anilines is 1. The summed E-state index contributed by atoms with van der Waals surface area (Å²) in [5.74, 6) is 0.0531. The van der Waals surface area contributed by atoms with E-state index in [-0.39, 0.29) is 17.5 Å². The van der Waals surface area contributed by atoms with Crippen LogP contribution in [-0.4, -0.2) is 20.7 Å². The van der Waals surface area contributed by atoms with Crippen LogP contribution in [0.4, 0.5) is 15.9 Å². The highest BCUT2D eigenvalue weighted by Gasteiger charge is 2.16. The summed E-state index contributed by atoms with van der Waals surface area (Å²) >= 11 is 0. The number of rotatable bonds is 4. The number of allylic oxidation sites excluding steroid dienone is 1. The molecular weight excluding hydrogens is 319 g/mol. The number of para-hydroxylation sites is 1. The molecule has 2 heterocycles.